The molecule has 0 atom stereocenters. The van der Waals surface area contributed by atoms with Crippen molar-refractivity contribution in [3.8, 4) is 11.1 Å². The molecule has 0 unspecified atom stereocenters. The summed E-state index contributed by atoms with van der Waals surface area (Å²) in [5.74, 6) is -1.35. The first-order valence-electron chi connectivity index (χ1n) is 8.30. The summed E-state index contributed by atoms with van der Waals surface area (Å²) in [6.45, 7) is 0.648. The lowest BCUT2D eigenvalue weighted by Crippen LogP contribution is -2.18. The second-order valence-corrected chi connectivity index (χ2v) is 5.75. The Morgan fingerprint density at radius 1 is 1.07 bits per heavy atom. The number of benzene rings is 1. The summed E-state index contributed by atoms with van der Waals surface area (Å²) >= 11 is 0. The molecule has 0 fully saturated rings. The molecule has 2 heterocycles. The van der Waals surface area contributed by atoms with Gasteiger partial charge in [0.2, 0.25) is 0 Å². The summed E-state index contributed by atoms with van der Waals surface area (Å²) < 4.78 is 14.1. The molecule has 0 bridgehead atoms. The van der Waals surface area contributed by atoms with Gasteiger partial charge in [0.05, 0.1) is 17.4 Å². The molecular weight excluding hydrogens is 347 g/mol. The predicted molar refractivity (Wildman–Crippen MR) is 103 cm³/mol. The van der Waals surface area contributed by atoms with E-state index in [0.717, 1.165) is 17.2 Å². The number of primary amides is 1. The summed E-state index contributed by atoms with van der Waals surface area (Å²) in [5, 5.41) is 5.77. The second kappa shape index (κ2) is 8.24. The van der Waals surface area contributed by atoms with Gasteiger partial charge in [0.15, 0.2) is 11.6 Å². The first-order chi connectivity index (χ1) is 13.1. The van der Waals surface area contributed by atoms with E-state index in [1.807, 2.05) is 36.4 Å². The van der Waals surface area contributed by atoms with Crippen LogP contribution in [0.5, 0.6) is 0 Å². The number of amides is 1. The van der Waals surface area contributed by atoms with Gasteiger partial charge in [-0.1, -0.05) is 30.3 Å². The number of anilines is 3. The van der Waals surface area contributed by atoms with Gasteiger partial charge >= 0.3 is 0 Å². The van der Waals surface area contributed by atoms with Crippen molar-refractivity contribution in [2.75, 3.05) is 23.7 Å². The molecule has 3 rings (SSSR count). The molecule has 0 radical (unpaired) electrons. The van der Waals surface area contributed by atoms with Gasteiger partial charge in [0.1, 0.15) is 5.82 Å². The summed E-state index contributed by atoms with van der Waals surface area (Å²) in [6, 6.07) is 12.6. The third-order valence-electron chi connectivity index (χ3n) is 3.79. The van der Waals surface area contributed by atoms with Crippen LogP contribution < -0.4 is 22.1 Å². The van der Waals surface area contributed by atoms with Crippen molar-refractivity contribution in [3.05, 3.63) is 66.2 Å². The molecule has 6 N–H and O–H groups in total. The molecule has 0 aliphatic heterocycles. The molecule has 8 heteroatoms. The zero-order valence-electron chi connectivity index (χ0n) is 14.4. The van der Waals surface area contributed by atoms with Gasteiger partial charge in [0, 0.05) is 24.8 Å². The number of hydrogen-bond acceptors (Lipinski definition) is 6. The highest BCUT2D eigenvalue weighted by atomic mass is 19.1. The van der Waals surface area contributed by atoms with Gasteiger partial charge in [0.25, 0.3) is 5.91 Å². The number of pyridine rings is 2. The highest BCUT2D eigenvalue weighted by molar-refractivity contribution is 5.98. The van der Waals surface area contributed by atoms with Gasteiger partial charge in [-0.15, -0.1) is 0 Å². The quantitative estimate of drug-likeness (QED) is 0.510. The largest absolute Gasteiger partial charge is 0.366 e. The number of carbonyl (C=O) groups excluding carboxylic acids is 1. The highest BCUT2D eigenvalue weighted by Crippen LogP contribution is 2.26. The molecule has 138 valence electrons. The van der Waals surface area contributed by atoms with E-state index in [-0.39, 0.29) is 17.2 Å². The molecular formula is C19H19FN6O. The summed E-state index contributed by atoms with van der Waals surface area (Å²) in [5.41, 5.74) is 13.2. The van der Waals surface area contributed by atoms with Gasteiger partial charge in [-0.2, -0.15) is 0 Å². The first-order valence-corrected chi connectivity index (χ1v) is 8.30. The fourth-order valence-electron chi connectivity index (χ4n) is 2.52. The van der Waals surface area contributed by atoms with E-state index in [1.54, 1.807) is 12.4 Å². The average Bonchev–Trinajstić information content (AvgIpc) is 2.68. The van der Waals surface area contributed by atoms with E-state index in [4.69, 9.17) is 11.5 Å². The van der Waals surface area contributed by atoms with Crippen molar-refractivity contribution < 1.29 is 9.18 Å². The average molecular weight is 366 g/mol. The molecule has 0 saturated heterocycles. The maximum atomic E-state index is 14.1. The van der Waals surface area contributed by atoms with E-state index in [0.29, 0.717) is 18.8 Å². The lowest BCUT2D eigenvalue weighted by Gasteiger charge is -2.13. The van der Waals surface area contributed by atoms with Crippen LogP contribution in [0.3, 0.4) is 0 Å². The van der Waals surface area contributed by atoms with Crippen LogP contribution in [0.2, 0.25) is 0 Å². The molecule has 0 aliphatic carbocycles. The topological polar surface area (TPSA) is 119 Å². The van der Waals surface area contributed by atoms with Gasteiger partial charge in [-0.3, -0.25) is 9.78 Å². The number of aromatic nitrogens is 2. The maximum Gasteiger partial charge on any atom is 0.252 e. The highest BCUT2D eigenvalue weighted by Gasteiger charge is 2.16. The van der Waals surface area contributed by atoms with Crippen LogP contribution in [0.25, 0.3) is 11.1 Å². The number of hydrogen-bond donors (Lipinski definition) is 4. The number of nitrogens with one attached hydrogen (secondary N) is 2. The normalized spacial score (nSPS) is 10.4. The minimum atomic E-state index is -0.790. The lowest BCUT2D eigenvalue weighted by molar-refractivity contribution is 0.100. The van der Waals surface area contributed by atoms with E-state index in [9.17, 15) is 9.18 Å². The van der Waals surface area contributed by atoms with Crippen molar-refractivity contribution in [1.82, 2.24) is 9.97 Å². The molecule has 1 amide bonds. The van der Waals surface area contributed by atoms with Crippen LogP contribution in [0, 0.1) is 5.82 Å². The standard InChI is InChI=1S/C19H19FN6O/c20-16-9-15(17(22)27)18(26-19(16)24-7-6-21)25-14-8-13(10-23-11-14)12-4-2-1-3-5-12/h1-5,8-11H,6-7,21H2,(H2,22,27)(H2,24,25,26). The SMILES string of the molecule is NCCNc1nc(Nc2cncc(-c3ccccc3)c2)c(C(N)=O)cc1F. The van der Waals surface area contributed by atoms with Crippen LogP contribution in [-0.4, -0.2) is 29.0 Å². The fraction of sp³-hybridized carbons (Fsp3) is 0.105. The minimum absolute atomic E-state index is 0.0138. The lowest BCUT2D eigenvalue weighted by atomic mass is 10.1. The Labute approximate surface area is 155 Å². The molecule has 0 aliphatic rings. The molecule has 27 heavy (non-hydrogen) atoms. The van der Waals surface area contributed by atoms with Crippen LogP contribution in [-0.2, 0) is 0 Å². The van der Waals surface area contributed by atoms with E-state index < -0.39 is 11.7 Å². The monoisotopic (exact) mass is 366 g/mol. The van der Waals surface area contributed by atoms with Gasteiger partial charge in [-0.05, 0) is 17.7 Å². The van der Waals surface area contributed by atoms with Crippen LogP contribution >= 0.6 is 0 Å². The smallest absolute Gasteiger partial charge is 0.252 e. The Morgan fingerprint density at radius 3 is 2.56 bits per heavy atom. The Balaban J connectivity index is 1.95. The third kappa shape index (κ3) is 4.36. The van der Waals surface area contributed by atoms with E-state index in [2.05, 4.69) is 20.6 Å². The van der Waals surface area contributed by atoms with Crippen molar-refractivity contribution in [3.63, 3.8) is 0 Å². The zero-order chi connectivity index (χ0) is 19.2. The number of halogens is 1. The van der Waals surface area contributed by atoms with Crippen LogP contribution in [0.1, 0.15) is 10.4 Å². The molecule has 3 aromatic rings. The van der Waals surface area contributed by atoms with Crippen LogP contribution in [0.4, 0.5) is 21.7 Å². The van der Waals surface area contributed by atoms with Gasteiger partial charge in [-0.25, -0.2) is 9.37 Å². The number of nitrogens with zero attached hydrogens (tertiary/aromatic N) is 2. The second-order valence-electron chi connectivity index (χ2n) is 5.75. The summed E-state index contributed by atoms with van der Waals surface area (Å²) in [7, 11) is 0. The molecule has 0 saturated carbocycles. The Bertz CT molecular complexity index is 948. The zero-order valence-corrected chi connectivity index (χ0v) is 14.4. The summed E-state index contributed by atoms with van der Waals surface area (Å²) in [4.78, 5) is 20.1. The Hall–Kier alpha value is -3.52. The van der Waals surface area contributed by atoms with E-state index in [1.165, 1.54) is 0 Å². The van der Waals surface area contributed by atoms with Crippen molar-refractivity contribution in [2.24, 2.45) is 11.5 Å². The molecule has 2 aromatic heterocycles. The Kier molecular flexibility index (Phi) is 5.58. The number of rotatable bonds is 7. The van der Waals surface area contributed by atoms with Crippen molar-refractivity contribution >= 4 is 23.2 Å². The molecule has 7 nitrogen and oxygen atoms in total. The maximum absolute atomic E-state index is 14.1. The van der Waals surface area contributed by atoms with E-state index >= 15 is 0 Å². The van der Waals surface area contributed by atoms with Crippen molar-refractivity contribution in [2.45, 2.75) is 0 Å². The van der Waals surface area contributed by atoms with Crippen LogP contribution in [0.15, 0.2) is 54.9 Å². The Morgan fingerprint density at radius 2 is 1.85 bits per heavy atom. The fourth-order valence-corrected chi connectivity index (χ4v) is 2.52. The number of carbonyl (C=O) groups is 1. The minimum Gasteiger partial charge on any atom is -0.366 e. The number of nitrogens with two attached hydrogens (primary N) is 2. The summed E-state index contributed by atoms with van der Waals surface area (Å²) in [6.07, 6.45) is 3.30. The predicted octanol–water partition coefficient (Wildman–Crippen LogP) is 2.50. The molecule has 0 spiro atoms. The van der Waals surface area contributed by atoms with Crippen molar-refractivity contribution in [1.29, 1.82) is 0 Å². The van der Waals surface area contributed by atoms with Gasteiger partial charge < -0.3 is 22.1 Å². The third-order valence-corrected chi connectivity index (χ3v) is 3.79. The first kappa shape index (κ1) is 18.3. The molecule has 1 aromatic carbocycles.